The molecule has 0 saturated carbocycles. The first kappa shape index (κ1) is 12.8. The van der Waals surface area contributed by atoms with E-state index in [4.69, 9.17) is 19.9 Å². The molecule has 19 heavy (non-hydrogen) atoms. The normalized spacial score (nSPS) is 30.3. The molecule has 104 valence electrons. The van der Waals surface area contributed by atoms with E-state index < -0.39 is 0 Å². The summed E-state index contributed by atoms with van der Waals surface area (Å²) in [7, 11) is 1.67. The lowest BCUT2D eigenvalue weighted by molar-refractivity contribution is -0.00927. The fraction of sp³-hybridized carbons (Fsp3) is 0.600. The largest absolute Gasteiger partial charge is 0.497 e. The summed E-state index contributed by atoms with van der Waals surface area (Å²) in [6.07, 6.45) is 3.32. The molecule has 4 heteroatoms. The third kappa shape index (κ3) is 2.55. The van der Waals surface area contributed by atoms with Gasteiger partial charge in [0.1, 0.15) is 17.6 Å². The summed E-state index contributed by atoms with van der Waals surface area (Å²) in [5.74, 6) is 2.20. The van der Waals surface area contributed by atoms with Gasteiger partial charge in [-0.15, -0.1) is 0 Å². The van der Waals surface area contributed by atoms with Crippen molar-refractivity contribution in [2.24, 2.45) is 11.7 Å². The van der Waals surface area contributed by atoms with E-state index in [9.17, 15) is 0 Å². The van der Waals surface area contributed by atoms with Crippen LogP contribution in [-0.2, 0) is 4.74 Å². The Morgan fingerprint density at radius 3 is 3.00 bits per heavy atom. The zero-order chi connectivity index (χ0) is 13.2. The lowest BCUT2D eigenvalue weighted by atomic mass is 9.87. The minimum Gasteiger partial charge on any atom is -0.497 e. The average molecular weight is 263 g/mol. The van der Waals surface area contributed by atoms with Crippen molar-refractivity contribution < 1.29 is 14.2 Å². The quantitative estimate of drug-likeness (QED) is 0.889. The van der Waals surface area contributed by atoms with Crippen molar-refractivity contribution in [1.29, 1.82) is 0 Å². The minimum absolute atomic E-state index is 0.0192. The molecular weight excluding hydrogens is 242 g/mol. The van der Waals surface area contributed by atoms with Crippen molar-refractivity contribution in [2.75, 3.05) is 20.3 Å². The van der Waals surface area contributed by atoms with Crippen molar-refractivity contribution >= 4 is 0 Å². The Bertz CT molecular complexity index is 443. The SMILES string of the molecule is COc1ccc2c(c1)[C@H](N)CC(C1CCCOC1)O2. The summed E-state index contributed by atoms with van der Waals surface area (Å²) in [5.41, 5.74) is 7.34. The van der Waals surface area contributed by atoms with Gasteiger partial charge in [-0.1, -0.05) is 0 Å². The van der Waals surface area contributed by atoms with Gasteiger partial charge in [-0.2, -0.15) is 0 Å². The molecular formula is C15H21NO3. The molecule has 3 atom stereocenters. The van der Waals surface area contributed by atoms with Gasteiger partial charge in [0.2, 0.25) is 0 Å². The third-order valence-electron chi connectivity index (χ3n) is 4.10. The molecule has 0 aliphatic carbocycles. The van der Waals surface area contributed by atoms with Crippen LogP contribution >= 0.6 is 0 Å². The summed E-state index contributed by atoms with van der Waals surface area (Å²) in [4.78, 5) is 0. The van der Waals surface area contributed by atoms with E-state index in [0.29, 0.717) is 5.92 Å². The van der Waals surface area contributed by atoms with E-state index >= 15 is 0 Å². The van der Waals surface area contributed by atoms with Crippen LogP contribution in [-0.4, -0.2) is 26.4 Å². The number of nitrogens with two attached hydrogens (primary N) is 1. The van der Waals surface area contributed by atoms with Crippen LogP contribution in [0.5, 0.6) is 11.5 Å². The van der Waals surface area contributed by atoms with Crippen LogP contribution in [0, 0.1) is 5.92 Å². The highest BCUT2D eigenvalue weighted by Crippen LogP contribution is 2.39. The predicted octanol–water partition coefficient (Wildman–Crippen LogP) is 2.27. The molecule has 0 amide bonds. The maximum absolute atomic E-state index is 6.29. The molecule has 1 aromatic carbocycles. The van der Waals surface area contributed by atoms with E-state index in [-0.39, 0.29) is 12.1 Å². The van der Waals surface area contributed by atoms with Crippen LogP contribution in [0.3, 0.4) is 0 Å². The number of fused-ring (bicyclic) bond motifs is 1. The number of hydrogen-bond donors (Lipinski definition) is 1. The van der Waals surface area contributed by atoms with Gasteiger partial charge in [0.25, 0.3) is 0 Å². The zero-order valence-electron chi connectivity index (χ0n) is 11.3. The summed E-state index contributed by atoms with van der Waals surface area (Å²) in [6, 6.07) is 5.88. The van der Waals surface area contributed by atoms with Crippen molar-refractivity contribution in [3.05, 3.63) is 23.8 Å². The highest BCUT2D eigenvalue weighted by Gasteiger charge is 2.33. The van der Waals surface area contributed by atoms with Crippen molar-refractivity contribution in [2.45, 2.75) is 31.4 Å². The van der Waals surface area contributed by atoms with Gasteiger partial charge in [-0.25, -0.2) is 0 Å². The Balaban J connectivity index is 1.79. The maximum Gasteiger partial charge on any atom is 0.124 e. The molecule has 1 saturated heterocycles. The fourth-order valence-electron chi connectivity index (χ4n) is 2.99. The second-order valence-corrected chi connectivity index (χ2v) is 5.38. The lowest BCUT2D eigenvalue weighted by Crippen LogP contribution is -2.38. The second kappa shape index (κ2) is 5.39. The smallest absolute Gasteiger partial charge is 0.124 e. The van der Waals surface area contributed by atoms with Gasteiger partial charge in [-0.3, -0.25) is 0 Å². The lowest BCUT2D eigenvalue weighted by Gasteiger charge is -2.36. The van der Waals surface area contributed by atoms with Crippen LogP contribution in [0.1, 0.15) is 30.9 Å². The monoisotopic (exact) mass is 263 g/mol. The molecule has 0 spiro atoms. The Kier molecular flexibility index (Phi) is 3.62. The number of hydrogen-bond acceptors (Lipinski definition) is 4. The van der Waals surface area contributed by atoms with E-state index in [1.54, 1.807) is 7.11 Å². The Hall–Kier alpha value is -1.26. The second-order valence-electron chi connectivity index (χ2n) is 5.38. The first-order valence-corrected chi connectivity index (χ1v) is 6.96. The topological polar surface area (TPSA) is 53.7 Å². The number of ether oxygens (including phenoxy) is 3. The summed E-state index contributed by atoms with van der Waals surface area (Å²) in [5, 5.41) is 0. The molecule has 1 aromatic rings. The van der Waals surface area contributed by atoms with Crippen LogP contribution in [0.2, 0.25) is 0 Å². The highest BCUT2D eigenvalue weighted by atomic mass is 16.5. The van der Waals surface area contributed by atoms with Gasteiger partial charge < -0.3 is 19.9 Å². The molecule has 2 aliphatic rings. The van der Waals surface area contributed by atoms with Gasteiger partial charge in [-0.05, 0) is 31.0 Å². The highest BCUT2D eigenvalue weighted by molar-refractivity contribution is 5.43. The summed E-state index contributed by atoms with van der Waals surface area (Å²) < 4.78 is 16.9. The molecule has 2 unspecified atom stereocenters. The van der Waals surface area contributed by atoms with Crippen molar-refractivity contribution in [1.82, 2.24) is 0 Å². The average Bonchev–Trinajstić information content (AvgIpc) is 2.48. The molecule has 3 rings (SSSR count). The predicted molar refractivity (Wildman–Crippen MR) is 72.5 cm³/mol. The van der Waals surface area contributed by atoms with E-state index in [0.717, 1.165) is 43.1 Å². The Labute approximate surface area is 113 Å². The molecule has 0 aromatic heterocycles. The van der Waals surface area contributed by atoms with E-state index in [1.807, 2.05) is 18.2 Å². The van der Waals surface area contributed by atoms with Gasteiger partial charge >= 0.3 is 0 Å². The molecule has 2 aliphatic heterocycles. The van der Waals surface area contributed by atoms with E-state index in [2.05, 4.69) is 0 Å². The number of methoxy groups -OCH3 is 1. The molecule has 2 N–H and O–H groups in total. The van der Waals surface area contributed by atoms with Gasteiger partial charge in [0.15, 0.2) is 0 Å². The molecule has 0 bridgehead atoms. The standard InChI is InChI=1S/C15H21NO3/c1-17-11-4-5-14-12(7-11)13(16)8-15(19-14)10-3-2-6-18-9-10/h4-5,7,10,13,15H,2-3,6,8-9,16H2,1H3/t10?,13-,15?/m1/s1. The minimum atomic E-state index is 0.0192. The maximum atomic E-state index is 6.29. The first-order chi connectivity index (χ1) is 9.28. The Morgan fingerprint density at radius 1 is 1.37 bits per heavy atom. The van der Waals surface area contributed by atoms with Gasteiger partial charge in [0.05, 0.1) is 13.7 Å². The van der Waals surface area contributed by atoms with Crippen LogP contribution in [0.25, 0.3) is 0 Å². The molecule has 1 fully saturated rings. The van der Waals surface area contributed by atoms with Crippen molar-refractivity contribution in [3.8, 4) is 11.5 Å². The molecule has 2 heterocycles. The third-order valence-corrected chi connectivity index (χ3v) is 4.10. The summed E-state index contributed by atoms with van der Waals surface area (Å²) >= 11 is 0. The summed E-state index contributed by atoms with van der Waals surface area (Å²) in [6.45, 7) is 1.67. The molecule has 4 nitrogen and oxygen atoms in total. The molecule has 0 radical (unpaired) electrons. The number of benzene rings is 1. The fourth-order valence-corrected chi connectivity index (χ4v) is 2.99. The number of rotatable bonds is 2. The van der Waals surface area contributed by atoms with Crippen LogP contribution in [0.4, 0.5) is 0 Å². The van der Waals surface area contributed by atoms with Crippen LogP contribution < -0.4 is 15.2 Å². The van der Waals surface area contributed by atoms with Gasteiger partial charge in [0, 0.05) is 30.6 Å². The first-order valence-electron chi connectivity index (χ1n) is 6.96. The van der Waals surface area contributed by atoms with Crippen molar-refractivity contribution in [3.63, 3.8) is 0 Å². The zero-order valence-corrected chi connectivity index (χ0v) is 11.3. The Morgan fingerprint density at radius 2 is 2.26 bits per heavy atom. The van der Waals surface area contributed by atoms with Crippen LogP contribution in [0.15, 0.2) is 18.2 Å². The van der Waals surface area contributed by atoms with E-state index in [1.165, 1.54) is 6.42 Å².